The Morgan fingerprint density at radius 1 is 1.64 bits per heavy atom. The summed E-state index contributed by atoms with van der Waals surface area (Å²) in [5, 5.41) is 5.22. The van der Waals surface area contributed by atoms with Crippen LogP contribution in [0.25, 0.3) is 0 Å². The molecule has 0 aliphatic rings. The molecule has 1 rings (SSSR count). The Bertz CT molecular complexity index is 344. The van der Waals surface area contributed by atoms with Gasteiger partial charge in [-0.2, -0.15) is 0 Å². The Kier molecular flexibility index (Phi) is 3.91. The second-order valence-electron chi connectivity index (χ2n) is 2.48. The first kappa shape index (κ1) is 11.0. The van der Waals surface area contributed by atoms with Crippen molar-refractivity contribution in [3.63, 3.8) is 0 Å². The Morgan fingerprint density at radius 3 is 2.93 bits per heavy atom. The van der Waals surface area contributed by atoms with Crippen molar-refractivity contribution in [2.75, 3.05) is 6.61 Å². The first-order valence-corrected chi connectivity index (χ1v) is 4.90. The van der Waals surface area contributed by atoms with Crippen LogP contribution in [0, 0.1) is 5.82 Å². The topological polar surface area (TPSA) is 52.3 Å². The van der Waals surface area contributed by atoms with Gasteiger partial charge in [0.05, 0.1) is 17.1 Å². The molecule has 0 saturated heterocycles. The summed E-state index contributed by atoms with van der Waals surface area (Å²) < 4.78 is 17.7. The van der Waals surface area contributed by atoms with E-state index in [4.69, 9.17) is 9.88 Å². The van der Waals surface area contributed by atoms with Gasteiger partial charge >= 0.3 is 5.97 Å². The van der Waals surface area contributed by atoms with Gasteiger partial charge in [0.25, 0.3) is 0 Å². The summed E-state index contributed by atoms with van der Waals surface area (Å²) in [5.74, 6) is -0.909. The minimum Gasteiger partial charge on any atom is -0.462 e. The predicted molar refractivity (Wildman–Crippen MR) is 52.4 cm³/mol. The van der Waals surface area contributed by atoms with Gasteiger partial charge in [-0.25, -0.2) is 9.18 Å². The highest BCUT2D eigenvalue weighted by Crippen LogP contribution is 2.18. The average molecular weight is 215 g/mol. The van der Waals surface area contributed by atoms with Crippen LogP contribution in [0.1, 0.15) is 17.3 Å². The third kappa shape index (κ3) is 2.46. The molecule has 0 aliphatic carbocycles. The van der Waals surface area contributed by atoms with Crippen molar-refractivity contribution in [1.82, 2.24) is 0 Å². The zero-order chi connectivity index (χ0) is 10.6. The Hall–Kier alpha value is -1.07. The van der Waals surface area contributed by atoms with E-state index in [0.29, 0.717) is 12.2 Å². The molecule has 0 bridgehead atoms. The monoisotopic (exact) mass is 215 g/mol. The molecular weight excluding hydrogens is 205 g/mol. The molecule has 0 atom stereocenters. The van der Waals surface area contributed by atoms with Crippen LogP contribution in [0.3, 0.4) is 0 Å². The van der Waals surface area contributed by atoms with Gasteiger partial charge in [0.1, 0.15) is 5.82 Å². The van der Waals surface area contributed by atoms with Crippen molar-refractivity contribution in [2.45, 2.75) is 11.8 Å². The molecule has 3 nitrogen and oxygen atoms in total. The number of esters is 1. The fraction of sp³-hybridized carbons (Fsp3) is 0.222. The lowest BCUT2D eigenvalue weighted by Gasteiger charge is -2.03. The largest absolute Gasteiger partial charge is 0.462 e. The molecule has 0 aliphatic heterocycles. The lowest BCUT2D eigenvalue weighted by Crippen LogP contribution is -2.05. The first-order valence-electron chi connectivity index (χ1n) is 4.02. The number of benzene rings is 1. The zero-order valence-electron chi connectivity index (χ0n) is 7.62. The normalized spacial score (nSPS) is 9.93. The summed E-state index contributed by atoms with van der Waals surface area (Å²) in [5.41, 5.74) is 0.307. The van der Waals surface area contributed by atoms with Crippen molar-refractivity contribution in [2.24, 2.45) is 5.14 Å². The number of hydrogen-bond donors (Lipinski definition) is 1. The van der Waals surface area contributed by atoms with Crippen molar-refractivity contribution >= 4 is 17.9 Å². The molecule has 0 radical (unpaired) electrons. The fourth-order valence-corrected chi connectivity index (χ4v) is 1.31. The van der Waals surface area contributed by atoms with Crippen LogP contribution in [0.2, 0.25) is 0 Å². The Labute approximate surface area is 85.6 Å². The highest BCUT2D eigenvalue weighted by atomic mass is 32.2. The number of halogens is 1. The Balaban J connectivity index is 2.94. The van der Waals surface area contributed by atoms with E-state index in [9.17, 15) is 9.18 Å². The minimum absolute atomic E-state index is 0.232. The van der Waals surface area contributed by atoms with Gasteiger partial charge in [-0.1, -0.05) is 0 Å². The molecule has 0 unspecified atom stereocenters. The molecule has 76 valence electrons. The zero-order valence-corrected chi connectivity index (χ0v) is 8.44. The molecule has 0 fully saturated rings. The second kappa shape index (κ2) is 4.97. The molecule has 0 spiro atoms. The minimum atomic E-state index is -0.470. The number of carbonyl (C=O) groups is 1. The van der Waals surface area contributed by atoms with Crippen LogP contribution in [-0.4, -0.2) is 12.6 Å². The molecule has 14 heavy (non-hydrogen) atoms. The van der Waals surface area contributed by atoms with Crippen LogP contribution < -0.4 is 5.14 Å². The third-order valence-electron chi connectivity index (χ3n) is 1.57. The smallest absolute Gasteiger partial charge is 0.338 e. The van der Waals surface area contributed by atoms with Gasteiger partial charge < -0.3 is 4.74 Å². The Morgan fingerprint density at radius 2 is 2.36 bits per heavy atom. The molecule has 0 aromatic heterocycles. The highest BCUT2D eigenvalue weighted by Gasteiger charge is 2.09. The number of nitrogens with two attached hydrogens (primary N) is 1. The summed E-state index contributed by atoms with van der Waals surface area (Å²) in [6.07, 6.45) is 0. The van der Waals surface area contributed by atoms with Gasteiger partial charge in [0.2, 0.25) is 0 Å². The van der Waals surface area contributed by atoms with E-state index >= 15 is 0 Å². The van der Waals surface area contributed by atoms with E-state index in [0.717, 1.165) is 11.9 Å². The standard InChI is InChI=1S/C9H10FNO2S/c1-2-13-9(12)6-3-4-7(10)8(5-6)14-11/h3-5H,2,11H2,1H3. The van der Waals surface area contributed by atoms with Gasteiger partial charge in [0, 0.05) is 0 Å². The molecule has 1 aromatic carbocycles. The number of carbonyl (C=O) groups excluding carboxylic acids is 1. The van der Waals surface area contributed by atoms with Crippen molar-refractivity contribution in [1.29, 1.82) is 0 Å². The van der Waals surface area contributed by atoms with E-state index < -0.39 is 11.8 Å². The maximum Gasteiger partial charge on any atom is 0.338 e. The van der Waals surface area contributed by atoms with Crippen LogP contribution in [0.15, 0.2) is 23.1 Å². The van der Waals surface area contributed by atoms with E-state index in [1.807, 2.05) is 0 Å². The average Bonchev–Trinajstić information content (AvgIpc) is 2.19. The number of rotatable bonds is 3. The maximum atomic E-state index is 13.0. The molecular formula is C9H10FNO2S. The van der Waals surface area contributed by atoms with Gasteiger partial charge in [0.15, 0.2) is 0 Å². The van der Waals surface area contributed by atoms with Gasteiger partial charge in [-0.15, -0.1) is 0 Å². The highest BCUT2D eigenvalue weighted by molar-refractivity contribution is 7.97. The fourth-order valence-electron chi connectivity index (χ4n) is 0.935. The molecule has 0 saturated carbocycles. The summed E-state index contributed by atoms with van der Waals surface area (Å²) in [6, 6.07) is 3.94. The van der Waals surface area contributed by atoms with E-state index in [2.05, 4.69) is 0 Å². The summed E-state index contributed by atoms with van der Waals surface area (Å²) in [4.78, 5) is 11.5. The number of ether oxygens (including phenoxy) is 1. The van der Waals surface area contributed by atoms with Crippen molar-refractivity contribution in [3.8, 4) is 0 Å². The summed E-state index contributed by atoms with van der Waals surface area (Å²) in [6.45, 7) is 2.00. The second-order valence-corrected chi connectivity index (χ2v) is 3.16. The molecule has 2 N–H and O–H groups in total. The van der Waals surface area contributed by atoms with Gasteiger partial charge in [-0.05, 0) is 37.1 Å². The number of hydrogen-bond acceptors (Lipinski definition) is 4. The van der Waals surface area contributed by atoms with E-state index in [1.165, 1.54) is 18.2 Å². The van der Waals surface area contributed by atoms with Crippen LogP contribution in [0.4, 0.5) is 4.39 Å². The first-order chi connectivity index (χ1) is 6.69. The third-order valence-corrected chi connectivity index (χ3v) is 2.14. The van der Waals surface area contributed by atoms with Crippen molar-refractivity contribution in [3.05, 3.63) is 29.6 Å². The SMILES string of the molecule is CCOC(=O)c1ccc(F)c(SN)c1. The van der Waals surface area contributed by atoms with Crippen LogP contribution >= 0.6 is 11.9 Å². The lowest BCUT2D eigenvalue weighted by atomic mass is 10.2. The molecule has 1 aromatic rings. The quantitative estimate of drug-likeness (QED) is 0.618. The van der Waals surface area contributed by atoms with Crippen LogP contribution in [0.5, 0.6) is 0 Å². The lowest BCUT2D eigenvalue weighted by molar-refractivity contribution is 0.0526. The van der Waals surface area contributed by atoms with Crippen LogP contribution in [-0.2, 0) is 4.74 Å². The molecule has 0 amide bonds. The summed E-state index contributed by atoms with van der Waals surface area (Å²) in [7, 11) is 0. The summed E-state index contributed by atoms with van der Waals surface area (Å²) >= 11 is 0.762. The van der Waals surface area contributed by atoms with E-state index in [-0.39, 0.29) is 4.90 Å². The van der Waals surface area contributed by atoms with Gasteiger partial charge in [-0.3, -0.25) is 5.14 Å². The molecule has 5 heteroatoms. The van der Waals surface area contributed by atoms with Crippen molar-refractivity contribution < 1.29 is 13.9 Å². The maximum absolute atomic E-state index is 13.0. The predicted octanol–water partition coefficient (Wildman–Crippen LogP) is 1.97. The van der Waals surface area contributed by atoms with E-state index in [1.54, 1.807) is 6.92 Å². The molecule has 0 heterocycles.